The van der Waals surface area contributed by atoms with Crippen molar-refractivity contribution in [2.24, 2.45) is 0 Å². The number of halogens is 2. The summed E-state index contributed by atoms with van der Waals surface area (Å²) in [5, 5.41) is 1.33. The van der Waals surface area contributed by atoms with Crippen LogP contribution in [0.5, 0.6) is 5.75 Å². The molecule has 3 nitrogen and oxygen atoms in total. The first kappa shape index (κ1) is 10.3. The average molecular weight is 245 g/mol. The van der Waals surface area contributed by atoms with Crippen molar-refractivity contribution in [2.45, 2.75) is 6.92 Å². The lowest BCUT2D eigenvalue weighted by molar-refractivity contribution is -0.131. The second-order valence-corrected chi connectivity index (χ2v) is 3.72. The molecule has 1 heterocycles. The molecule has 0 fully saturated rings. The lowest BCUT2D eigenvalue weighted by atomic mass is 10.2. The Morgan fingerprint density at radius 1 is 1.40 bits per heavy atom. The van der Waals surface area contributed by atoms with Gasteiger partial charge in [0.2, 0.25) is 0 Å². The Morgan fingerprint density at radius 2 is 2.13 bits per heavy atom. The van der Waals surface area contributed by atoms with Crippen LogP contribution in [-0.2, 0) is 4.79 Å². The van der Waals surface area contributed by atoms with E-state index in [1.54, 1.807) is 12.1 Å². The highest BCUT2D eigenvalue weighted by Gasteiger charge is 2.13. The van der Waals surface area contributed by atoms with E-state index in [1.165, 1.54) is 13.2 Å². The van der Waals surface area contributed by atoms with E-state index in [0.29, 0.717) is 26.8 Å². The molecule has 2 aromatic rings. The van der Waals surface area contributed by atoms with Crippen LogP contribution in [0, 0.1) is 0 Å². The number of carbonyl (C=O) groups is 1. The summed E-state index contributed by atoms with van der Waals surface area (Å²) in [6, 6.07) is 3.31. The minimum absolute atomic E-state index is 0.313. The molecule has 0 saturated heterocycles. The molecule has 0 aliphatic carbocycles. The maximum atomic E-state index is 10.8. The van der Waals surface area contributed by atoms with Crippen LogP contribution in [0.15, 0.2) is 22.8 Å². The molecule has 1 aromatic heterocycles. The number of hydrogen-bond donors (Lipinski definition) is 0. The SMILES string of the molecule is CC(=O)Oc1coc2c(Cl)c(Cl)ccc12. The molecule has 0 N–H and O–H groups in total. The monoisotopic (exact) mass is 244 g/mol. The number of rotatable bonds is 1. The molecular weight excluding hydrogens is 239 g/mol. The summed E-state index contributed by atoms with van der Waals surface area (Å²) in [7, 11) is 0. The van der Waals surface area contributed by atoms with Crippen LogP contribution in [0.25, 0.3) is 11.0 Å². The molecule has 0 radical (unpaired) electrons. The molecule has 0 spiro atoms. The van der Waals surface area contributed by atoms with Crippen LogP contribution in [-0.4, -0.2) is 5.97 Å². The maximum absolute atomic E-state index is 10.8. The van der Waals surface area contributed by atoms with Gasteiger partial charge in [-0.05, 0) is 12.1 Å². The highest BCUT2D eigenvalue weighted by Crippen LogP contribution is 2.36. The first-order valence-electron chi connectivity index (χ1n) is 4.13. The molecular formula is C10H6Cl2O3. The van der Waals surface area contributed by atoms with Crippen molar-refractivity contribution in [1.82, 2.24) is 0 Å². The molecule has 78 valence electrons. The summed E-state index contributed by atoms with van der Waals surface area (Å²) in [5.41, 5.74) is 0.417. The molecule has 0 atom stereocenters. The second kappa shape index (κ2) is 3.76. The Kier molecular flexibility index (Phi) is 2.59. The Balaban J connectivity index is 2.61. The second-order valence-electron chi connectivity index (χ2n) is 2.93. The van der Waals surface area contributed by atoms with Crippen molar-refractivity contribution < 1.29 is 13.9 Å². The van der Waals surface area contributed by atoms with Crippen molar-refractivity contribution in [3.05, 3.63) is 28.4 Å². The van der Waals surface area contributed by atoms with E-state index in [0.717, 1.165) is 0 Å². The highest BCUT2D eigenvalue weighted by molar-refractivity contribution is 6.44. The standard InChI is InChI=1S/C10H6Cl2O3/c1-5(13)15-8-4-14-10-6(8)2-3-7(11)9(10)12/h2-4H,1H3. The molecule has 5 heteroatoms. The lowest BCUT2D eigenvalue weighted by Crippen LogP contribution is -2.00. The number of benzene rings is 1. The third-order valence-electron chi connectivity index (χ3n) is 1.85. The topological polar surface area (TPSA) is 39.4 Å². The molecule has 15 heavy (non-hydrogen) atoms. The Bertz CT molecular complexity index is 531. The van der Waals surface area contributed by atoms with Crippen molar-refractivity contribution in [3.63, 3.8) is 0 Å². The fourth-order valence-electron chi connectivity index (χ4n) is 1.25. The largest absolute Gasteiger partial charge is 0.459 e. The number of furan rings is 1. The van der Waals surface area contributed by atoms with E-state index < -0.39 is 5.97 Å². The van der Waals surface area contributed by atoms with E-state index in [-0.39, 0.29) is 0 Å². The van der Waals surface area contributed by atoms with Crippen molar-refractivity contribution in [1.29, 1.82) is 0 Å². The summed E-state index contributed by atoms with van der Waals surface area (Å²) in [5.74, 6) is -0.0696. The minimum atomic E-state index is -0.413. The van der Waals surface area contributed by atoms with Crippen molar-refractivity contribution in [2.75, 3.05) is 0 Å². The lowest BCUT2D eigenvalue weighted by Gasteiger charge is -1.98. The van der Waals surface area contributed by atoms with Gasteiger partial charge >= 0.3 is 5.97 Å². The van der Waals surface area contributed by atoms with Gasteiger partial charge in [0, 0.05) is 6.92 Å². The molecule has 0 bridgehead atoms. The number of hydrogen-bond acceptors (Lipinski definition) is 3. The fraction of sp³-hybridized carbons (Fsp3) is 0.100. The minimum Gasteiger partial charge on any atom is -0.459 e. The molecule has 1 aromatic carbocycles. The van der Waals surface area contributed by atoms with Gasteiger partial charge in [0.25, 0.3) is 0 Å². The van der Waals surface area contributed by atoms with Crippen LogP contribution in [0.4, 0.5) is 0 Å². The predicted molar refractivity (Wildman–Crippen MR) is 57.5 cm³/mol. The Hall–Kier alpha value is -1.19. The Morgan fingerprint density at radius 3 is 2.80 bits per heavy atom. The number of ether oxygens (including phenoxy) is 1. The van der Waals surface area contributed by atoms with Gasteiger partial charge in [-0.3, -0.25) is 4.79 Å². The van der Waals surface area contributed by atoms with Crippen LogP contribution in [0.3, 0.4) is 0 Å². The van der Waals surface area contributed by atoms with Crippen LogP contribution < -0.4 is 4.74 Å². The van der Waals surface area contributed by atoms with Gasteiger partial charge in [-0.15, -0.1) is 0 Å². The summed E-state index contributed by atoms with van der Waals surface area (Å²) in [6.07, 6.45) is 1.33. The molecule has 2 rings (SSSR count). The fourth-order valence-corrected chi connectivity index (χ4v) is 1.61. The van der Waals surface area contributed by atoms with E-state index >= 15 is 0 Å². The third kappa shape index (κ3) is 1.80. The zero-order valence-corrected chi connectivity index (χ0v) is 9.22. The summed E-state index contributed by atoms with van der Waals surface area (Å²) in [6.45, 7) is 1.32. The van der Waals surface area contributed by atoms with Gasteiger partial charge < -0.3 is 9.15 Å². The summed E-state index contributed by atoms with van der Waals surface area (Å²) in [4.78, 5) is 10.8. The Labute approximate surface area is 95.5 Å². The number of fused-ring (bicyclic) bond motifs is 1. The predicted octanol–water partition coefficient (Wildman–Crippen LogP) is 3.66. The maximum Gasteiger partial charge on any atom is 0.308 e. The van der Waals surface area contributed by atoms with E-state index in [9.17, 15) is 4.79 Å². The first-order valence-corrected chi connectivity index (χ1v) is 4.89. The van der Waals surface area contributed by atoms with E-state index in [1.807, 2.05) is 0 Å². The van der Waals surface area contributed by atoms with Gasteiger partial charge in [0.15, 0.2) is 11.3 Å². The number of carbonyl (C=O) groups excluding carboxylic acids is 1. The third-order valence-corrected chi connectivity index (χ3v) is 2.64. The van der Waals surface area contributed by atoms with Gasteiger partial charge in [-0.1, -0.05) is 23.2 Å². The summed E-state index contributed by atoms with van der Waals surface area (Å²) >= 11 is 11.7. The van der Waals surface area contributed by atoms with E-state index in [4.69, 9.17) is 32.4 Å². The zero-order valence-electron chi connectivity index (χ0n) is 7.71. The van der Waals surface area contributed by atoms with Crippen LogP contribution in [0.1, 0.15) is 6.92 Å². The van der Waals surface area contributed by atoms with Gasteiger partial charge in [-0.2, -0.15) is 0 Å². The molecule has 0 amide bonds. The van der Waals surface area contributed by atoms with Gasteiger partial charge in [0.05, 0.1) is 10.4 Å². The van der Waals surface area contributed by atoms with Crippen LogP contribution >= 0.6 is 23.2 Å². The summed E-state index contributed by atoms with van der Waals surface area (Å²) < 4.78 is 10.1. The molecule has 0 saturated carbocycles. The molecule has 0 aliphatic rings. The average Bonchev–Trinajstić information content (AvgIpc) is 2.55. The molecule has 0 aliphatic heterocycles. The number of esters is 1. The van der Waals surface area contributed by atoms with Gasteiger partial charge in [0.1, 0.15) is 11.3 Å². The van der Waals surface area contributed by atoms with Gasteiger partial charge in [-0.25, -0.2) is 0 Å². The quantitative estimate of drug-likeness (QED) is 0.719. The molecule has 0 unspecified atom stereocenters. The van der Waals surface area contributed by atoms with Crippen molar-refractivity contribution in [3.8, 4) is 5.75 Å². The van der Waals surface area contributed by atoms with Crippen LogP contribution in [0.2, 0.25) is 10.0 Å². The first-order chi connectivity index (χ1) is 7.09. The van der Waals surface area contributed by atoms with E-state index in [2.05, 4.69) is 0 Å². The zero-order chi connectivity index (χ0) is 11.0. The van der Waals surface area contributed by atoms with Crippen molar-refractivity contribution >= 4 is 40.1 Å². The highest BCUT2D eigenvalue weighted by atomic mass is 35.5. The normalized spacial score (nSPS) is 10.6. The smallest absolute Gasteiger partial charge is 0.308 e.